The Labute approximate surface area is 150 Å². The van der Waals surface area contributed by atoms with Crippen LogP contribution < -0.4 is 14.2 Å². The maximum Gasteiger partial charge on any atom is 0.165 e. The number of halogens is 2. The molecule has 0 amide bonds. The van der Waals surface area contributed by atoms with Gasteiger partial charge in [-0.25, -0.2) is 4.39 Å². The maximum atomic E-state index is 13.7. The molecule has 2 aromatic rings. The van der Waals surface area contributed by atoms with Crippen LogP contribution in [0.3, 0.4) is 0 Å². The Morgan fingerprint density at radius 1 is 1.25 bits per heavy atom. The van der Waals surface area contributed by atoms with Crippen molar-refractivity contribution >= 4 is 23.5 Å². The highest BCUT2D eigenvalue weighted by Gasteiger charge is 2.22. The van der Waals surface area contributed by atoms with Crippen LogP contribution in [0.2, 0.25) is 5.02 Å². The summed E-state index contributed by atoms with van der Waals surface area (Å²) in [5, 5.41) is 0.640. The van der Waals surface area contributed by atoms with E-state index in [4.69, 9.17) is 21.1 Å². The van der Waals surface area contributed by atoms with Gasteiger partial charge in [0, 0.05) is 6.54 Å². The minimum Gasteiger partial charge on any atom is -0.494 e. The molecule has 0 heterocycles. The van der Waals surface area contributed by atoms with E-state index in [1.807, 2.05) is 24.3 Å². The molecule has 0 aliphatic heterocycles. The minimum absolute atomic E-state index is 0.244. The molecule has 0 unspecified atom stereocenters. The summed E-state index contributed by atoms with van der Waals surface area (Å²) in [5.74, 6) is 1.34. The largest absolute Gasteiger partial charge is 0.494 e. The standard InChI is InChI=1S/C18H19ClFNO2S/c1-22-16-8-7-13(9-15(16)20)10-21-24-18-14(19)3-2-4-17(18)23-11-12-5-6-12/h2-4,7-9,12,21H,5-6,10-11H2,1H3. The first-order chi connectivity index (χ1) is 11.7. The van der Waals surface area contributed by atoms with Crippen molar-refractivity contribution in [3.63, 3.8) is 0 Å². The lowest BCUT2D eigenvalue weighted by molar-refractivity contribution is 0.293. The number of hydrogen-bond acceptors (Lipinski definition) is 4. The van der Waals surface area contributed by atoms with Crippen LogP contribution in [0.25, 0.3) is 0 Å². The molecule has 1 fully saturated rings. The number of rotatable bonds is 8. The number of nitrogens with one attached hydrogen (secondary N) is 1. The maximum absolute atomic E-state index is 13.7. The first-order valence-corrected chi connectivity index (χ1v) is 9.00. The average molecular weight is 368 g/mol. The molecule has 3 nitrogen and oxygen atoms in total. The normalized spacial score (nSPS) is 13.8. The van der Waals surface area contributed by atoms with Crippen LogP contribution >= 0.6 is 23.5 Å². The van der Waals surface area contributed by atoms with E-state index >= 15 is 0 Å². The third-order valence-corrected chi connectivity index (χ3v) is 5.11. The van der Waals surface area contributed by atoms with Gasteiger partial charge in [-0.05, 0) is 60.5 Å². The van der Waals surface area contributed by atoms with Crippen LogP contribution in [0.1, 0.15) is 18.4 Å². The molecule has 0 saturated heterocycles. The second kappa shape index (κ2) is 8.10. The second-order valence-electron chi connectivity index (χ2n) is 5.71. The van der Waals surface area contributed by atoms with Crippen LogP contribution in [-0.4, -0.2) is 13.7 Å². The van der Waals surface area contributed by atoms with Crippen molar-refractivity contribution in [2.75, 3.05) is 13.7 Å². The van der Waals surface area contributed by atoms with Crippen LogP contribution in [0.5, 0.6) is 11.5 Å². The Bertz CT molecular complexity index is 709. The van der Waals surface area contributed by atoms with Crippen molar-refractivity contribution in [3.05, 3.63) is 52.8 Å². The average Bonchev–Trinajstić information content (AvgIpc) is 3.39. The van der Waals surface area contributed by atoms with E-state index in [-0.39, 0.29) is 11.6 Å². The predicted molar refractivity (Wildman–Crippen MR) is 95.3 cm³/mol. The van der Waals surface area contributed by atoms with Crippen LogP contribution in [-0.2, 0) is 6.54 Å². The zero-order chi connectivity index (χ0) is 16.9. The number of hydrogen-bond donors (Lipinski definition) is 1. The zero-order valence-corrected chi connectivity index (χ0v) is 14.9. The van der Waals surface area contributed by atoms with Gasteiger partial charge in [-0.2, -0.15) is 0 Å². The molecule has 1 aliphatic rings. The second-order valence-corrected chi connectivity index (χ2v) is 7.02. The van der Waals surface area contributed by atoms with Gasteiger partial charge in [-0.3, -0.25) is 4.72 Å². The highest BCUT2D eigenvalue weighted by atomic mass is 35.5. The van der Waals surface area contributed by atoms with Crippen molar-refractivity contribution in [1.29, 1.82) is 0 Å². The van der Waals surface area contributed by atoms with Crippen molar-refractivity contribution < 1.29 is 13.9 Å². The summed E-state index contributed by atoms with van der Waals surface area (Å²) >= 11 is 7.69. The fraction of sp³-hybridized carbons (Fsp3) is 0.333. The summed E-state index contributed by atoms with van der Waals surface area (Å²) < 4.78 is 27.7. The monoisotopic (exact) mass is 367 g/mol. The molecule has 0 bridgehead atoms. The first kappa shape index (κ1) is 17.4. The lowest BCUT2D eigenvalue weighted by Gasteiger charge is -2.13. The van der Waals surface area contributed by atoms with Gasteiger partial charge >= 0.3 is 0 Å². The van der Waals surface area contributed by atoms with E-state index in [0.717, 1.165) is 22.8 Å². The first-order valence-electron chi connectivity index (χ1n) is 7.81. The van der Waals surface area contributed by atoms with Gasteiger partial charge in [0.1, 0.15) is 5.75 Å². The molecule has 0 aromatic heterocycles. The number of methoxy groups -OCH3 is 1. The van der Waals surface area contributed by atoms with Crippen molar-refractivity contribution in [3.8, 4) is 11.5 Å². The molecular formula is C18H19ClFNO2S. The molecule has 0 atom stereocenters. The van der Waals surface area contributed by atoms with E-state index in [9.17, 15) is 4.39 Å². The molecule has 1 N–H and O–H groups in total. The highest BCUT2D eigenvalue weighted by molar-refractivity contribution is 7.97. The summed E-state index contributed by atoms with van der Waals surface area (Å²) in [6, 6.07) is 10.5. The topological polar surface area (TPSA) is 30.5 Å². The van der Waals surface area contributed by atoms with Gasteiger partial charge in [0.15, 0.2) is 11.6 Å². The fourth-order valence-corrected chi connectivity index (χ4v) is 3.26. The molecule has 1 saturated carbocycles. The summed E-state index contributed by atoms with van der Waals surface area (Å²) in [6.45, 7) is 1.23. The van der Waals surface area contributed by atoms with Gasteiger partial charge in [0.2, 0.25) is 0 Å². The molecule has 2 aromatic carbocycles. The number of benzene rings is 2. The van der Waals surface area contributed by atoms with E-state index in [1.54, 1.807) is 6.07 Å². The van der Waals surface area contributed by atoms with Gasteiger partial charge in [-0.15, -0.1) is 0 Å². The Kier molecular flexibility index (Phi) is 5.87. The van der Waals surface area contributed by atoms with Crippen molar-refractivity contribution in [2.45, 2.75) is 24.3 Å². The van der Waals surface area contributed by atoms with Crippen LogP contribution in [0.4, 0.5) is 4.39 Å². The third kappa shape index (κ3) is 4.56. The van der Waals surface area contributed by atoms with Crippen molar-refractivity contribution in [1.82, 2.24) is 4.72 Å². The summed E-state index contributed by atoms with van der Waals surface area (Å²) in [7, 11) is 1.45. The van der Waals surface area contributed by atoms with E-state index in [0.29, 0.717) is 17.5 Å². The fourth-order valence-electron chi connectivity index (χ4n) is 2.21. The van der Waals surface area contributed by atoms with Gasteiger partial charge < -0.3 is 9.47 Å². The highest BCUT2D eigenvalue weighted by Crippen LogP contribution is 2.36. The van der Waals surface area contributed by atoms with Gasteiger partial charge in [0.05, 0.1) is 23.6 Å². The molecule has 3 rings (SSSR count). The molecule has 0 spiro atoms. The minimum atomic E-state index is -0.368. The van der Waals surface area contributed by atoms with Gasteiger partial charge in [0.25, 0.3) is 0 Å². The lowest BCUT2D eigenvalue weighted by atomic mass is 10.2. The lowest BCUT2D eigenvalue weighted by Crippen LogP contribution is -2.06. The quantitative estimate of drug-likeness (QED) is 0.659. The summed E-state index contributed by atoms with van der Waals surface area (Å²) in [6.07, 6.45) is 2.48. The Morgan fingerprint density at radius 3 is 2.79 bits per heavy atom. The zero-order valence-electron chi connectivity index (χ0n) is 13.4. The molecular weight excluding hydrogens is 349 g/mol. The Hall–Kier alpha value is -1.43. The molecule has 1 aliphatic carbocycles. The van der Waals surface area contributed by atoms with E-state index < -0.39 is 0 Å². The third-order valence-electron chi connectivity index (χ3n) is 3.77. The van der Waals surface area contributed by atoms with E-state index in [2.05, 4.69) is 4.72 Å². The summed E-state index contributed by atoms with van der Waals surface area (Å²) in [5.41, 5.74) is 0.827. The molecule has 0 radical (unpaired) electrons. The molecule has 6 heteroatoms. The van der Waals surface area contributed by atoms with Crippen molar-refractivity contribution in [2.24, 2.45) is 5.92 Å². The van der Waals surface area contributed by atoms with Gasteiger partial charge in [-0.1, -0.05) is 23.7 Å². The van der Waals surface area contributed by atoms with Crippen LogP contribution in [0, 0.1) is 11.7 Å². The van der Waals surface area contributed by atoms with Crippen LogP contribution in [0.15, 0.2) is 41.3 Å². The smallest absolute Gasteiger partial charge is 0.165 e. The molecule has 24 heavy (non-hydrogen) atoms. The Balaban J connectivity index is 1.60. The van der Waals surface area contributed by atoms with E-state index in [1.165, 1.54) is 38.0 Å². The SMILES string of the molecule is COc1ccc(CNSc2c(Cl)cccc2OCC2CC2)cc1F. The summed E-state index contributed by atoms with van der Waals surface area (Å²) in [4.78, 5) is 0.855. The predicted octanol–water partition coefficient (Wildman–Crippen LogP) is 5.07. The Morgan fingerprint density at radius 2 is 2.08 bits per heavy atom. The molecule has 128 valence electrons. The number of ether oxygens (including phenoxy) is 2.